The second-order valence-corrected chi connectivity index (χ2v) is 8.37. The van der Waals surface area contributed by atoms with Crippen molar-refractivity contribution in [2.24, 2.45) is 5.92 Å². The molecule has 0 bridgehead atoms. The van der Waals surface area contributed by atoms with E-state index in [1.54, 1.807) is 18.7 Å². The normalized spacial score (nSPS) is 19.2. The molecule has 1 N–H and O–H groups in total. The first-order chi connectivity index (χ1) is 14.2. The zero-order chi connectivity index (χ0) is 20.1. The standard InChI is InChI=1S/C21H25N5O2S/c1-15-5-2-3-7-18(15)23-19(27)14-29-21-25-24-20(16-8-10-22-11-9-16)26(21)13-17-6-4-12-28-17/h4,6,8-12,15,18H,2-3,5,7,13-14H2,1H3,(H,23,27)/t15-,18-/m1/s1. The summed E-state index contributed by atoms with van der Waals surface area (Å²) in [5.74, 6) is 2.44. The van der Waals surface area contributed by atoms with Crippen LogP contribution in [0.3, 0.4) is 0 Å². The molecule has 0 radical (unpaired) electrons. The molecule has 0 aliphatic heterocycles. The lowest BCUT2D eigenvalue weighted by atomic mass is 9.86. The first kappa shape index (κ1) is 19.7. The summed E-state index contributed by atoms with van der Waals surface area (Å²) in [6, 6.07) is 7.85. The molecule has 29 heavy (non-hydrogen) atoms. The molecule has 2 atom stereocenters. The number of nitrogens with one attached hydrogen (secondary N) is 1. The molecule has 1 saturated carbocycles. The molecule has 1 aliphatic rings. The summed E-state index contributed by atoms with van der Waals surface area (Å²) in [4.78, 5) is 16.6. The van der Waals surface area contributed by atoms with E-state index < -0.39 is 0 Å². The number of thioether (sulfide) groups is 1. The van der Waals surface area contributed by atoms with Gasteiger partial charge in [0.05, 0.1) is 18.6 Å². The summed E-state index contributed by atoms with van der Waals surface area (Å²) in [5.41, 5.74) is 0.923. The highest BCUT2D eigenvalue weighted by atomic mass is 32.2. The van der Waals surface area contributed by atoms with Crippen molar-refractivity contribution in [3.63, 3.8) is 0 Å². The Morgan fingerprint density at radius 1 is 1.24 bits per heavy atom. The lowest BCUT2D eigenvalue weighted by molar-refractivity contribution is -0.119. The van der Waals surface area contributed by atoms with Gasteiger partial charge in [0.25, 0.3) is 0 Å². The van der Waals surface area contributed by atoms with Crippen molar-refractivity contribution in [2.45, 2.75) is 50.4 Å². The molecule has 1 amide bonds. The van der Waals surface area contributed by atoms with Crippen LogP contribution in [0.5, 0.6) is 0 Å². The number of carbonyl (C=O) groups excluding carboxylic acids is 1. The van der Waals surface area contributed by atoms with Gasteiger partial charge in [-0.1, -0.05) is 31.5 Å². The SMILES string of the molecule is C[C@@H]1CCCC[C@H]1NC(=O)CSc1nnc(-c2ccncc2)n1Cc1ccco1. The van der Waals surface area contributed by atoms with Crippen molar-refractivity contribution in [3.8, 4) is 11.4 Å². The number of hydrogen-bond donors (Lipinski definition) is 1. The molecule has 0 saturated heterocycles. The number of carbonyl (C=O) groups is 1. The third-order valence-corrected chi connectivity index (χ3v) is 6.31. The molecule has 0 aromatic carbocycles. The van der Waals surface area contributed by atoms with Crippen molar-refractivity contribution >= 4 is 17.7 Å². The fourth-order valence-electron chi connectivity index (χ4n) is 3.72. The maximum atomic E-state index is 12.5. The molecule has 0 unspecified atom stereocenters. The van der Waals surface area contributed by atoms with Crippen LogP contribution in [0.4, 0.5) is 0 Å². The minimum Gasteiger partial charge on any atom is -0.467 e. The maximum Gasteiger partial charge on any atom is 0.230 e. The Balaban J connectivity index is 1.48. The topological polar surface area (TPSA) is 85.8 Å². The van der Waals surface area contributed by atoms with Crippen molar-refractivity contribution < 1.29 is 9.21 Å². The highest BCUT2D eigenvalue weighted by Gasteiger charge is 2.23. The van der Waals surface area contributed by atoms with E-state index in [4.69, 9.17) is 4.42 Å². The number of hydrogen-bond acceptors (Lipinski definition) is 6. The molecule has 3 aromatic rings. The van der Waals surface area contributed by atoms with E-state index in [1.165, 1.54) is 31.0 Å². The molecular formula is C21H25N5O2S. The Hall–Kier alpha value is -2.61. The van der Waals surface area contributed by atoms with Gasteiger partial charge in [-0.05, 0) is 43.0 Å². The molecule has 3 heterocycles. The zero-order valence-electron chi connectivity index (χ0n) is 16.5. The van der Waals surface area contributed by atoms with Crippen LogP contribution >= 0.6 is 11.8 Å². The van der Waals surface area contributed by atoms with Crippen LogP contribution in [0, 0.1) is 5.92 Å². The van der Waals surface area contributed by atoms with Crippen LogP contribution in [-0.4, -0.2) is 37.5 Å². The zero-order valence-corrected chi connectivity index (χ0v) is 17.3. The number of pyridine rings is 1. The van der Waals surface area contributed by atoms with E-state index in [2.05, 4.69) is 27.4 Å². The molecule has 8 heteroatoms. The van der Waals surface area contributed by atoms with Gasteiger partial charge in [-0.15, -0.1) is 10.2 Å². The highest BCUT2D eigenvalue weighted by molar-refractivity contribution is 7.99. The minimum absolute atomic E-state index is 0.0479. The largest absolute Gasteiger partial charge is 0.467 e. The van der Waals surface area contributed by atoms with Crippen LogP contribution in [0.15, 0.2) is 52.5 Å². The Labute approximate surface area is 174 Å². The van der Waals surface area contributed by atoms with Gasteiger partial charge in [-0.3, -0.25) is 14.3 Å². The van der Waals surface area contributed by atoms with Crippen molar-refractivity contribution in [3.05, 3.63) is 48.7 Å². The number of furan rings is 1. The Kier molecular flexibility index (Phi) is 6.29. The van der Waals surface area contributed by atoms with Gasteiger partial charge in [0, 0.05) is 24.0 Å². The van der Waals surface area contributed by atoms with Crippen LogP contribution in [0.25, 0.3) is 11.4 Å². The monoisotopic (exact) mass is 411 g/mol. The predicted octanol–water partition coefficient (Wildman–Crippen LogP) is 3.77. The lowest BCUT2D eigenvalue weighted by Crippen LogP contribution is -2.41. The summed E-state index contributed by atoms with van der Waals surface area (Å²) >= 11 is 1.40. The molecule has 3 aromatic heterocycles. The molecule has 1 aliphatic carbocycles. The second-order valence-electron chi connectivity index (χ2n) is 7.43. The fraction of sp³-hybridized carbons (Fsp3) is 0.429. The van der Waals surface area contributed by atoms with E-state index in [9.17, 15) is 4.79 Å². The first-order valence-corrected chi connectivity index (χ1v) is 11.0. The first-order valence-electron chi connectivity index (χ1n) is 9.99. The van der Waals surface area contributed by atoms with Crippen molar-refractivity contribution in [1.29, 1.82) is 0 Å². The fourth-order valence-corrected chi connectivity index (χ4v) is 4.47. The average molecular weight is 412 g/mol. The highest BCUT2D eigenvalue weighted by Crippen LogP contribution is 2.26. The molecule has 0 spiro atoms. The smallest absolute Gasteiger partial charge is 0.230 e. The van der Waals surface area contributed by atoms with Crippen molar-refractivity contribution in [1.82, 2.24) is 25.1 Å². The quantitative estimate of drug-likeness (QED) is 0.596. The molecule has 7 nitrogen and oxygen atoms in total. The Bertz CT molecular complexity index is 926. The number of nitrogens with zero attached hydrogens (tertiary/aromatic N) is 4. The van der Waals surface area contributed by atoms with Gasteiger partial charge >= 0.3 is 0 Å². The van der Waals surface area contributed by atoms with Gasteiger partial charge in [-0.2, -0.15) is 0 Å². The van der Waals surface area contributed by atoms with E-state index in [1.807, 2.05) is 28.8 Å². The maximum absolute atomic E-state index is 12.5. The number of rotatable bonds is 7. The average Bonchev–Trinajstić information content (AvgIpc) is 3.39. The van der Waals surface area contributed by atoms with Crippen molar-refractivity contribution in [2.75, 3.05) is 5.75 Å². The molecular weight excluding hydrogens is 386 g/mol. The number of amides is 1. The van der Waals surface area contributed by atoms with Crippen LogP contribution in [-0.2, 0) is 11.3 Å². The van der Waals surface area contributed by atoms with Gasteiger partial charge in [0.2, 0.25) is 5.91 Å². The molecule has 4 rings (SSSR count). The Morgan fingerprint density at radius 2 is 2.07 bits per heavy atom. The third-order valence-electron chi connectivity index (χ3n) is 5.34. The summed E-state index contributed by atoms with van der Waals surface area (Å²) in [7, 11) is 0. The lowest BCUT2D eigenvalue weighted by Gasteiger charge is -2.29. The second kappa shape index (κ2) is 9.26. The van der Waals surface area contributed by atoms with E-state index in [0.717, 1.165) is 23.6 Å². The predicted molar refractivity (Wildman–Crippen MR) is 111 cm³/mol. The van der Waals surface area contributed by atoms with Gasteiger partial charge in [0.1, 0.15) is 5.76 Å². The van der Waals surface area contributed by atoms with Gasteiger partial charge in [0.15, 0.2) is 11.0 Å². The van der Waals surface area contributed by atoms with Gasteiger partial charge in [-0.25, -0.2) is 0 Å². The van der Waals surface area contributed by atoms with Crippen LogP contribution in [0.2, 0.25) is 0 Å². The minimum atomic E-state index is 0.0479. The molecule has 1 fully saturated rings. The molecule has 152 valence electrons. The summed E-state index contributed by atoms with van der Waals surface area (Å²) < 4.78 is 7.49. The third kappa shape index (κ3) is 4.87. The summed E-state index contributed by atoms with van der Waals surface area (Å²) in [6.45, 7) is 2.72. The van der Waals surface area contributed by atoms with Gasteiger partial charge < -0.3 is 9.73 Å². The summed E-state index contributed by atoms with van der Waals surface area (Å²) in [5, 5.41) is 12.6. The van der Waals surface area contributed by atoms with E-state index in [0.29, 0.717) is 23.4 Å². The Morgan fingerprint density at radius 3 is 2.83 bits per heavy atom. The van der Waals surface area contributed by atoms with E-state index in [-0.39, 0.29) is 11.9 Å². The van der Waals surface area contributed by atoms with Crippen LogP contribution in [0.1, 0.15) is 38.4 Å². The number of aromatic nitrogens is 4. The summed E-state index contributed by atoms with van der Waals surface area (Å²) in [6.07, 6.45) is 9.81. The van der Waals surface area contributed by atoms with E-state index >= 15 is 0 Å². The van der Waals surface area contributed by atoms with Crippen LogP contribution < -0.4 is 5.32 Å².